The Hall–Kier alpha value is -1.31. The van der Waals surface area contributed by atoms with Gasteiger partial charge in [-0.25, -0.2) is 9.18 Å². The summed E-state index contributed by atoms with van der Waals surface area (Å²) in [5.74, 6) is -1.43. The predicted molar refractivity (Wildman–Crippen MR) is 69.0 cm³/mol. The van der Waals surface area contributed by atoms with Gasteiger partial charge in [-0.1, -0.05) is 0 Å². The van der Waals surface area contributed by atoms with Gasteiger partial charge in [0.25, 0.3) is 0 Å². The second-order valence-corrected chi connectivity index (χ2v) is 5.79. The Kier molecular flexibility index (Phi) is 4.68. The number of carbonyl (C=O) groups is 1. The minimum atomic E-state index is -4.85. The van der Waals surface area contributed by atoms with Crippen LogP contribution in [-0.2, 0) is 10.9 Å². The van der Waals surface area contributed by atoms with Crippen molar-refractivity contribution < 1.29 is 27.1 Å². The van der Waals surface area contributed by atoms with Crippen LogP contribution in [0, 0.1) is 5.82 Å². The lowest BCUT2D eigenvalue weighted by atomic mass is 10.2. The largest absolute Gasteiger partial charge is 0.444 e. The number of alkyl halides is 3. The smallest absolute Gasteiger partial charge is 0.419 e. The lowest BCUT2D eigenvalue weighted by Crippen LogP contribution is -2.27. The highest BCUT2D eigenvalue weighted by molar-refractivity contribution is 9.10. The van der Waals surface area contributed by atoms with Crippen LogP contribution in [0.5, 0.6) is 0 Å². The Morgan fingerprint density at radius 1 is 1.25 bits per heavy atom. The van der Waals surface area contributed by atoms with Crippen LogP contribution in [0.2, 0.25) is 0 Å². The highest BCUT2D eigenvalue weighted by Crippen LogP contribution is 2.36. The maximum Gasteiger partial charge on any atom is 0.419 e. The summed E-state index contributed by atoms with van der Waals surface area (Å²) in [6.07, 6.45) is -5.78. The van der Waals surface area contributed by atoms with E-state index in [9.17, 15) is 22.4 Å². The molecule has 0 heterocycles. The molecular weight excluding hydrogens is 346 g/mol. The first kappa shape index (κ1) is 16.7. The normalized spacial score (nSPS) is 12.2. The van der Waals surface area contributed by atoms with Gasteiger partial charge in [-0.2, -0.15) is 13.2 Å². The van der Waals surface area contributed by atoms with E-state index in [0.717, 1.165) is 0 Å². The lowest BCUT2D eigenvalue weighted by Gasteiger charge is -2.20. The van der Waals surface area contributed by atoms with E-state index in [1.165, 1.54) is 0 Å². The molecule has 0 aliphatic carbocycles. The molecule has 0 saturated heterocycles. The number of nitrogens with one attached hydrogen (secondary N) is 1. The Bertz CT molecular complexity index is 523. The molecule has 1 amide bonds. The van der Waals surface area contributed by atoms with Gasteiger partial charge < -0.3 is 4.74 Å². The van der Waals surface area contributed by atoms with Crippen molar-refractivity contribution >= 4 is 27.7 Å². The molecule has 0 aliphatic heterocycles. The zero-order valence-electron chi connectivity index (χ0n) is 10.9. The molecule has 1 aromatic rings. The predicted octanol–water partition coefficient (Wildman–Crippen LogP) is 4.95. The zero-order chi connectivity index (χ0) is 15.7. The summed E-state index contributed by atoms with van der Waals surface area (Å²) in [5.41, 5.74) is -2.50. The number of carbonyl (C=O) groups excluding carboxylic acids is 1. The summed E-state index contributed by atoms with van der Waals surface area (Å²) in [5, 5.41) is 2.13. The average molecular weight is 358 g/mol. The third-order valence-corrected chi connectivity index (χ3v) is 2.65. The fraction of sp³-hybridized carbons (Fsp3) is 0.417. The molecule has 0 bridgehead atoms. The summed E-state index contributed by atoms with van der Waals surface area (Å²) in [4.78, 5) is 11.5. The molecule has 3 nitrogen and oxygen atoms in total. The minimum absolute atomic E-state index is 0.0196. The second-order valence-electron chi connectivity index (χ2n) is 4.94. The van der Waals surface area contributed by atoms with Gasteiger partial charge in [-0.3, -0.25) is 5.32 Å². The first-order valence-electron chi connectivity index (χ1n) is 5.46. The summed E-state index contributed by atoms with van der Waals surface area (Å²) in [6.45, 7) is 4.81. The molecule has 0 fully saturated rings. The molecule has 0 saturated carbocycles. The van der Waals surface area contributed by atoms with Crippen molar-refractivity contribution in [1.29, 1.82) is 0 Å². The van der Waals surface area contributed by atoms with Gasteiger partial charge in [0.2, 0.25) is 0 Å². The van der Waals surface area contributed by atoms with Gasteiger partial charge in [-0.15, -0.1) is 0 Å². The molecule has 1 rings (SSSR count). The first-order valence-corrected chi connectivity index (χ1v) is 6.25. The molecule has 0 spiro atoms. The number of hydrogen-bond donors (Lipinski definition) is 1. The highest BCUT2D eigenvalue weighted by atomic mass is 79.9. The number of ether oxygens (including phenoxy) is 1. The molecule has 8 heteroatoms. The van der Waals surface area contributed by atoms with Gasteiger partial charge in [-0.05, 0) is 48.8 Å². The van der Waals surface area contributed by atoms with Crippen molar-refractivity contribution in [2.45, 2.75) is 32.5 Å². The van der Waals surface area contributed by atoms with E-state index in [1.54, 1.807) is 20.8 Å². The topological polar surface area (TPSA) is 38.3 Å². The van der Waals surface area contributed by atoms with Crippen molar-refractivity contribution in [3.63, 3.8) is 0 Å². The summed E-state index contributed by atoms with van der Waals surface area (Å²) >= 11 is 2.88. The number of rotatable bonds is 1. The average Bonchev–Trinajstić information content (AvgIpc) is 2.17. The minimum Gasteiger partial charge on any atom is -0.444 e. The number of halogens is 5. The van der Waals surface area contributed by atoms with Crippen LogP contribution >= 0.6 is 15.9 Å². The Balaban J connectivity index is 3.05. The molecule has 112 valence electrons. The Morgan fingerprint density at radius 2 is 1.80 bits per heavy atom. The molecule has 0 atom stereocenters. The van der Waals surface area contributed by atoms with Gasteiger partial charge in [0.05, 0.1) is 11.3 Å². The maximum absolute atomic E-state index is 13.2. The van der Waals surface area contributed by atoms with E-state index >= 15 is 0 Å². The van der Waals surface area contributed by atoms with Crippen molar-refractivity contribution in [3.8, 4) is 0 Å². The van der Waals surface area contributed by atoms with E-state index in [2.05, 4.69) is 21.2 Å². The highest BCUT2D eigenvalue weighted by Gasteiger charge is 2.35. The standard InChI is InChI=1S/C12H12BrF4NO2/c1-11(2,3)20-10(19)18-9-4-6(12(15,16)17)8(14)5-7(9)13/h4-5H,1-3H3,(H,18,19). The molecule has 1 N–H and O–H groups in total. The quantitative estimate of drug-likeness (QED) is 0.721. The van der Waals surface area contributed by atoms with Crippen LogP contribution in [-0.4, -0.2) is 11.7 Å². The van der Waals surface area contributed by atoms with E-state index in [-0.39, 0.29) is 10.2 Å². The van der Waals surface area contributed by atoms with Crippen molar-refractivity contribution in [2.75, 3.05) is 5.32 Å². The van der Waals surface area contributed by atoms with E-state index in [4.69, 9.17) is 4.74 Å². The lowest BCUT2D eigenvalue weighted by molar-refractivity contribution is -0.139. The van der Waals surface area contributed by atoms with Crippen LogP contribution in [0.15, 0.2) is 16.6 Å². The van der Waals surface area contributed by atoms with E-state index in [1.807, 2.05) is 0 Å². The zero-order valence-corrected chi connectivity index (χ0v) is 12.4. The molecule has 20 heavy (non-hydrogen) atoms. The summed E-state index contributed by atoms with van der Waals surface area (Å²) in [6, 6.07) is 1.14. The van der Waals surface area contributed by atoms with Crippen LogP contribution in [0.4, 0.5) is 28.0 Å². The molecule has 0 aliphatic rings. The van der Waals surface area contributed by atoms with Crippen molar-refractivity contribution in [2.24, 2.45) is 0 Å². The van der Waals surface area contributed by atoms with Gasteiger partial charge in [0, 0.05) is 4.47 Å². The van der Waals surface area contributed by atoms with Gasteiger partial charge in [0.1, 0.15) is 11.4 Å². The summed E-state index contributed by atoms with van der Waals surface area (Å²) < 4.78 is 55.8. The molecular formula is C12H12BrF4NO2. The summed E-state index contributed by atoms with van der Waals surface area (Å²) in [7, 11) is 0. The van der Waals surface area contributed by atoms with Crippen LogP contribution in [0.1, 0.15) is 26.3 Å². The van der Waals surface area contributed by atoms with Crippen molar-refractivity contribution in [1.82, 2.24) is 0 Å². The van der Waals surface area contributed by atoms with E-state index < -0.39 is 29.3 Å². The Labute approximate surface area is 121 Å². The van der Waals surface area contributed by atoms with Gasteiger partial charge >= 0.3 is 12.3 Å². The monoisotopic (exact) mass is 357 g/mol. The first-order chi connectivity index (χ1) is 8.90. The molecule has 0 radical (unpaired) electrons. The number of anilines is 1. The van der Waals surface area contributed by atoms with Crippen LogP contribution < -0.4 is 5.32 Å². The SMILES string of the molecule is CC(C)(C)OC(=O)Nc1cc(C(F)(F)F)c(F)cc1Br. The molecule has 0 aromatic heterocycles. The Morgan fingerprint density at radius 3 is 2.25 bits per heavy atom. The third kappa shape index (κ3) is 4.66. The van der Waals surface area contributed by atoms with Crippen molar-refractivity contribution in [3.05, 3.63) is 28.0 Å². The molecule has 1 aromatic carbocycles. The van der Waals surface area contributed by atoms with Crippen LogP contribution in [0.3, 0.4) is 0 Å². The fourth-order valence-corrected chi connectivity index (χ4v) is 1.69. The van der Waals surface area contributed by atoms with E-state index in [0.29, 0.717) is 12.1 Å². The number of benzene rings is 1. The molecule has 0 unspecified atom stereocenters. The third-order valence-electron chi connectivity index (χ3n) is 2.00. The maximum atomic E-state index is 13.2. The van der Waals surface area contributed by atoms with Crippen LogP contribution in [0.25, 0.3) is 0 Å². The number of hydrogen-bond acceptors (Lipinski definition) is 2. The number of amides is 1. The fourth-order valence-electron chi connectivity index (χ4n) is 1.28. The second kappa shape index (κ2) is 5.59. The van der Waals surface area contributed by atoms with Gasteiger partial charge in [0.15, 0.2) is 0 Å².